The normalized spacial score (nSPS) is 20.5. The molecule has 1 aliphatic rings. The number of thiophene rings is 1. The maximum atomic E-state index is 12.6. The van der Waals surface area contributed by atoms with Crippen molar-refractivity contribution in [2.75, 3.05) is 26.8 Å². The van der Waals surface area contributed by atoms with Crippen LogP contribution in [0.4, 0.5) is 0 Å². The summed E-state index contributed by atoms with van der Waals surface area (Å²) in [7, 11) is -1.85. The van der Waals surface area contributed by atoms with Crippen LogP contribution in [0.25, 0.3) is 0 Å². The molecule has 1 unspecified atom stereocenters. The van der Waals surface area contributed by atoms with E-state index < -0.39 is 10.0 Å². The molecule has 1 aliphatic heterocycles. The molecule has 0 amide bonds. The Kier molecular flexibility index (Phi) is 5.61. The molecule has 0 bridgehead atoms. The minimum absolute atomic E-state index is 0.273. The molecule has 1 aromatic heterocycles. The third-order valence-electron chi connectivity index (χ3n) is 3.37. The highest BCUT2D eigenvalue weighted by molar-refractivity contribution is 9.11. The first kappa shape index (κ1) is 16.4. The van der Waals surface area contributed by atoms with E-state index in [0.29, 0.717) is 28.4 Å². The van der Waals surface area contributed by atoms with Gasteiger partial charge in [0.15, 0.2) is 0 Å². The van der Waals surface area contributed by atoms with Gasteiger partial charge in [-0.15, -0.1) is 11.3 Å². The smallest absolute Gasteiger partial charge is 0.244 e. The van der Waals surface area contributed by atoms with E-state index >= 15 is 0 Å². The molecule has 2 rings (SSSR count). The van der Waals surface area contributed by atoms with Crippen LogP contribution in [-0.2, 0) is 21.3 Å². The van der Waals surface area contributed by atoms with Crippen molar-refractivity contribution < 1.29 is 13.2 Å². The van der Waals surface area contributed by atoms with Gasteiger partial charge in [0.1, 0.15) is 4.90 Å². The molecule has 0 saturated carbocycles. The van der Waals surface area contributed by atoms with Crippen LogP contribution in [0, 0.1) is 5.92 Å². The number of halogens is 1. The van der Waals surface area contributed by atoms with Gasteiger partial charge >= 0.3 is 0 Å². The van der Waals surface area contributed by atoms with Crippen LogP contribution in [0.5, 0.6) is 0 Å². The van der Waals surface area contributed by atoms with Gasteiger partial charge in [-0.1, -0.05) is 0 Å². The third-order valence-corrected chi connectivity index (χ3v) is 7.46. The molecular formula is C12H19BrN2O3S2. The monoisotopic (exact) mass is 382 g/mol. The number of rotatable bonds is 5. The Morgan fingerprint density at radius 2 is 2.35 bits per heavy atom. The molecule has 1 atom stereocenters. The summed E-state index contributed by atoms with van der Waals surface area (Å²) in [4.78, 5) is 1.16. The topological polar surface area (TPSA) is 72.6 Å². The first-order chi connectivity index (χ1) is 9.45. The number of hydrogen-bond donors (Lipinski definition) is 1. The molecule has 2 heterocycles. The highest BCUT2D eigenvalue weighted by atomic mass is 79.9. The maximum Gasteiger partial charge on any atom is 0.244 e. The molecule has 0 radical (unpaired) electrons. The predicted octanol–water partition coefficient (Wildman–Crippen LogP) is 2.02. The zero-order chi connectivity index (χ0) is 14.8. The molecule has 0 spiro atoms. The molecule has 0 aromatic carbocycles. The molecule has 20 heavy (non-hydrogen) atoms. The number of ether oxygens (including phenoxy) is 1. The fraction of sp³-hybridized carbons (Fsp3) is 0.667. The Morgan fingerprint density at radius 1 is 1.60 bits per heavy atom. The van der Waals surface area contributed by atoms with Crippen LogP contribution < -0.4 is 5.73 Å². The van der Waals surface area contributed by atoms with E-state index in [1.165, 1.54) is 15.6 Å². The summed E-state index contributed by atoms with van der Waals surface area (Å²) in [5, 5.41) is 0. The van der Waals surface area contributed by atoms with Crippen molar-refractivity contribution in [3.05, 3.63) is 14.7 Å². The Balaban J connectivity index is 2.13. The van der Waals surface area contributed by atoms with Crippen LogP contribution in [0.3, 0.4) is 0 Å². The third kappa shape index (κ3) is 3.61. The van der Waals surface area contributed by atoms with Crippen molar-refractivity contribution in [1.82, 2.24) is 4.31 Å². The van der Waals surface area contributed by atoms with Gasteiger partial charge < -0.3 is 10.5 Å². The van der Waals surface area contributed by atoms with Crippen LogP contribution in [0.2, 0.25) is 0 Å². The molecule has 1 saturated heterocycles. The van der Waals surface area contributed by atoms with Crippen molar-refractivity contribution in [1.29, 1.82) is 0 Å². The summed E-state index contributed by atoms with van der Waals surface area (Å²) >= 11 is 4.69. The molecule has 8 heteroatoms. The maximum absolute atomic E-state index is 12.6. The summed E-state index contributed by atoms with van der Waals surface area (Å²) in [6.45, 7) is 2.25. The van der Waals surface area contributed by atoms with Crippen molar-refractivity contribution in [3.8, 4) is 0 Å². The van der Waals surface area contributed by atoms with Crippen LogP contribution in [0.1, 0.15) is 17.7 Å². The van der Waals surface area contributed by atoms with Crippen molar-refractivity contribution in [2.24, 2.45) is 11.7 Å². The average Bonchev–Trinajstić information content (AvgIpc) is 2.82. The number of nitrogens with two attached hydrogens (primary N) is 1. The summed E-state index contributed by atoms with van der Waals surface area (Å²) in [5.74, 6) is 0.273. The Morgan fingerprint density at radius 3 is 2.90 bits per heavy atom. The van der Waals surface area contributed by atoms with Gasteiger partial charge in [-0.3, -0.25) is 0 Å². The van der Waals surface area contributed by atoms with E-state index in [0.717, 1.165) is 24.3 Å². The summed E-state index contributed by atoms with van der Waals surface area (Å²) in [5.41, 5.74) is 5.57. The highest BCUT2D eigenvalue weighted by Crippen LogP contribution is 2.33. The van der Waals surface area contributed by atoms with Gasteiger partial charge in [0.05, 0.1) is 10.4 Å². The lowest BCUT2D eigenvalue weighted by molar-refractivity contribution is 0.0495. The Bertz CT molecular complexity index is 553. The van der Waals surface area contributed by atoms with Crippen LogP contribution in [-0.4, -0.2) is 39.5 Å². The fourth-order valence-electron chi connectivity index (χ4n) is 2.26. The van der Waals surface area contributed by atoms with Gasteiger partial charge in [0, 0.05) is 31.6 Å². The zero-order valence-corrected chi connectivity index (χ0v) is 14.6. The molecule has 5 nitrogen and oxygen atoms in total. The molecule has 1 fully saturated rings. The van der Waals surface area contributed by atoms with Gasteiger partial charge in [0.2, 0.25) is 10.0 Å². The van der Waals surface area contributed by atoms with Gasteiger partial charge in [-0.25, -0.2) is 12.7 Å². The summed E-state index contributed by atoms with van der Waals surface area (Å²) in [6.07, 6.45) is 2.01. The van der Waals surface area contributed by atoms with E-state index in [1.807, 2.05) is 0 Å². The fourth-order valence-corrected chi connectivity index (χ4v) is 6.01. The van der Waals surface area contributed by atoms with Crippen LogP contribution >= 0.6 is 27.3 Å². The van der Waals surface area contributed by atoms with Crippen molar-refractivity contribution in [2.45, 2.75) is 24.3 Å². The molecule has 0 aliphatic carbocycles. The van der Waals surface area contributed by atoms with E-state index in [-0.39, 0.29) is 5.92 Å². The predicted molar refractivity (Wildman–Crippen MR) is 83.3 cm³/mol. The largest absolute Gasteiger partial charge is 0.381 e. The second kappa shape index (κ2) is 6.85. The highest BCUT2D eigenvalue weighted by Gasteiger charge is 2.28. The lowest BCUT2D eigenvalue weighted by atomic mass is 10.0. The lowest BCUT2D eigenvalue weighted by Gasteiger charge is -2.26. The van der Waals surface area contributed by atoms with Crippen molar-refractivity contribution in [3.63, 3.8) is 0 Å². The first-order valence-electron chi connectivity index (χ1n) is 6.47. The number of nitrogens with zero attached hydrogens (tertiary/aromatic N) is 1. The Labute approximate surface area is 132 Å². The van der Waals surface area contributed by atoms with Crippen molar-refractivity contribution >= 4 is 37.3 Å². The standard InChI is InChI=1S/C12H19BrN2O3S2/c1-15(7-9-3-2-4-18-8-9)20(16,17)11-5-10(6-14)19-12(11)13/h5,9H,2-4,6-8,14H2,1H3. The van der Waals surface area contributed by atoms with E-state index in [1.54, 1.807) is 13.1 Å². The summed E-state index contributed by atoms with van der Waals surface area (Å²) < 4.78 is 32.6. The molecule has 2 N–H and O–H groups in total. The van der Waals surface area contributed by atoms with E-state index in [9.17, 15) is 8.42 Å². The van der Waals surface area contributed by atoms with E-state index in [4.69, 9.17) is 10.5 Å². The molecular weight excluding hydrogens is 364 g/mol. The molecule has 114 valence electrons. The van der Waals surface area contributed by atoms with Gasteiger partial charge in [-0.05, 0) is 40.8 Å². The zero-order valence-electron chi connectivity index (χ0n) is 11.3. The van der Waals surface area contributed by atoms with Gasteiger partial charge in [-0.2, -0.15) is 0 Å². The number of hydrogen-bond acceptors (Lipinski definition) is 5. The van der Waals surface area contributed by atoms with Crippen LogP contribution in [0.15, 0.2) is 14.7 Å². The SMILES string of the molecule is CN(CC1CCCOC1)S(=O)(=O)c1cc(CN)sc1Br. The minimum atomic E-state index is -3.47. The van der Waals surface area contributed by atoms with E-state index in [2.05, 4.69) is 15.9 Å². The first-order valence-corrected chi connectivity index (χ1v) is 9.52. The lowest BCUT2D eigenvalue weighted by Crippen LogP contribution is -2.35. The van der Waals surface area contributed by atoms with Gasteiger partial charge in [0.25, 0.3) is 0 Å². The quantitative estimate of drug-likeness (QED) is 0.845. The summed E-state index contributed by atoms with van der Waals surface area (Å²) in [6, 6.07) is 1.65. The average molecular weight is 383 g/mol. The minimum Gasteiger partial charge on any atom is -0.381 e. The number of sulfonamides is 1. The second-order valence-electron chi connectivity index (χ2n) is 4.92. The second-order valence-corrected chi connectivity index (χ2v) is 9.39. The Hall–Kier alpha value is 0.01000. The molecule has 1 aromatic rings.